The second-order valence-corrected chi connectivity index (χ2v) is 4.93. The number of benzene rings is 1. The molecule has 0 fully saturated rings. The van der Waals surface area contributed by atoms with Gasteiger partial charge in [0.15, 0.2) is 5.82 Å². The van der Waals surface area contributed by atoms with Crippen LogP contribution in [0.3, 0.4) is 0 Å². The number of hydrogen-bond acceptors (Lipinski definition) is 4. The van der Waals surface area contributed by atoms with E-state index >= 15 is 0 Å². The zero-order valence-corrected chi connectivity index (χ0v) is 11.3. The van der Waals surface area contributed by atoms with Crippen LogP contribution in [0.1, 0.15) is 5.69 Å². The fourth-order valence-corrected chi connectivity index (χ4v) is 2.50. The van der Waals surface area contributed by atoms with E-state index in [0.29, 0.717) is 0 Å². The van der Waals surface area contributed by atoms with Crippen molar-refractivity contribution in [3.63, 3.8) is 0 Å². The molecule has 3 rings (SSSR count). The van der Waals surface area contributed by atoms with Crippen molar-refractivity contribution in [1.29, 1.82) is 0 Å². The highest BCUT2D eigenvalue weighted by Crippen LogP contribution is 2.37. The van der Waals surface area contributed by atoms with Crippen molar-refractivity contribution in [2.45, 2.75) is 6.92 Å². The predicted octanol–water partition coefficient (Wildman–Crippen LogP) is 2.56. The van der Waals surface area contributed by atoms with E-state index in [9.17, 15) is 0 Å². The first-order valence-corrected chi connectivity index (χ1v) is 6.47. The van der Waals surface area contributed by atoms with E-state index in [1.807, 2.05) is 19.1 Å². The molecular weight excluding hydrogens is 236 g/mol. The number of hydrogen-bond donors (Lipinski definition) is 1. The lowest BCUT2D eigenvalue weighted by atomic mass is 10.1. The van der Waals surface area contributed by atoms with Crippen LogP contribution in [-0.4, -0.2) is 25.1 Å². The number of pyridine rings is 1. The fraction of sp³-hybridized carbons (Fsp3) is 0.267. The van der Waals surface area contributed by atoms with E-state index in [2.05, 4.69) is 46.1 Å². The Hall–Kier alpha value is -2.23. The average molecular weight is 254 g/mol. The second-order valence-electron chi connectivity index (χ2n) is 4.93. The van der Waals surface area contributed by atoms with Gasteiger partial charge in [-0.1, -0.05) is 12.1 Å². The van der Waals surface area contributed by atoms with Crippen molar-refractivity contribution < 1.29 is 0 Å². The third-order valence-electron chi connectivity index (χ3n) is 3.54. The standard InChI is InChI=1S/C15H18N4/c1-11-7-8-12(16)15(17-11)19-10-9-18(2)13-5-3-4-6-14(13)19/h3-8H,9-10,16H2,1-2H3. The number of nitrogen functional groups attached to an aromatic ring is 1. The number of rotatable bonds is 1. The first kappa shape index (κ1) is 11.8. The molecule has 2 aromatic rings. The second kappa shape index (κ2) is 4.46. The molecule has 0 atom stereocenters. The number of aromatic nitrogens is 1. The molecule has 1 aliphatic heterocycles. The lowest BCUT2D eigenvalue weighted by molar-refractivity contribution is 0.813. The Bertz CT molecular complexity index is 609. The monoisotopic (exact) mass is 254 g/mol. The summed E-state index contributed by atoms with van der Waals surface area (Å²) in [6, 6.07) is 12.2. The van der Waals surface area contributed by atoms with Gasteiger partial charge < -0.3 is 15.5 Å². The zero-order chi connectivity index (χ0) is 13.4. The molecule has 1 aromatic carbocycles. The third kappa shape index (κ3) is 1.99. The molecule has 2 heterocycles. The smallest absolute Gasteiger partial charge is 0.156 e. The van der Waals surface area contributed by atoms with Gasteiger partial charge in [0, 0.05) is 25.8 Å². The summed E-state index contributed by atoms with van der Waals surface area (Å²) < 4.78 is 0. The number of nitrogens with two attached hydrogens (primary N) is 1. The molecule has 0 bridgehead atoms. The maximum atomic E-state index is 6.09. The summed E-state index contributed by atoms with van der Waals surface area (Å²) in [5, 5.41) is 0. The zero-order valence-electron chi connectivity index (χ0n) is 11.3. The molecule has 0 saturated heterocycles. The lowest BCUT2D eigenvalue weighted by Gasteiger charge is -2.36. The van der Waals surface area contributed by atoms with Crippen molar-refractivity contribution >= 4 is 22.9 Å². The van der Waals surface area contributed by atoms with Crippen molar-refractivity contribution in [2.24, 2.45) is 0 Å². The molecule has 1 aromatic heterocycles. The number of para-hydroxylation sites is 2. The first-order valence-electron chi connectivity index (χ1n) is 6.47. The van der Waals surface area contributed by atoms with Crippen molar-refractivity contribution in [1.82, 2.24) is 4.98 Å². The van der Waals surface area contributed by atoms with Crippen molar-refractivity contribution in [3.05, 3.63) is 42.1 Å². The summed E-state index contributed by atoms with van der Waals surface area (Å²) in [6.45, 7) is 3.85. The topological polar surface area (TPSA) is 45.4 Å². The predicted molar refractivity (Wildman–Crippen MR) is 80.1 cm³/mol. The van der Waals surface area contributed by atoms with Gasteiger partial charge in [-0.2, -0.15) is 0 Å². The number of aryl methyl sites for hydroxylation is 1. The molecule has 0 radical (unpaired) electrons. The summed E-state index contributed by atoms with van der Waals surface area (Å²) in [5.74, 6) is 0.862. The fourth-order valence-electron chi connectivity index (χ4n) is 2.50. The number of likely N-dealkylation sites (N-methyl/N-ethyl adjacent to an activating group) is 1. The van der Waals surface area contributed by atoms with Crippen LogP contribution in [0.5, 0.6) is 0 Å². The van der Waals surface area contributed by atoms with Gasteiger partial charge >= 0.3 is 0 Å². The number of nitrogens with zero attached hydrogens (tertiary/aromatic N) is 3. The van der Waals surface area contributed by atoms with Crippen LogP contribution in [0, 0.1) is 6.92 Å². The minimum atomic E-state index is 0.727. The Labute approximate surface area is 113 Å². The molecule has 0 unspecified atom stereocenters. The van der Waals surface area contributed by atoms with Gasteiger partial charge in [-0.15, -0.1) is 0 Å². The maximum Gasteiger partial charge on any atom is 0.156 e. The quantitative estimate of drug-likeness (QED) is 0.849. The van der Waals surface area contributed by atoms with Crippen LogP contribution in [0.2, 0.25) is 0 Å². The summed E-state index contributed by atoms with van der Waals surface area (Å²) >= 11 is 0. The van der Waals surface area contributed by atoms with Gasteiger partial charge in [0.2, 0.25) is 0 Å². The van der Waals surface area contributed by atoms with Gasteiger partial charge in [-0.3, -0.25) is 0 Å². The van der Waals surface area contributed by atoms with Gasteiger partial charge in [0.25, 0.3) is 0 Å². The Kier molecular flexibility index (Phi) is 2.78. The van der Waals surface area contributed by atoms with E-state index in [0.717, 1.165) is 30.3 Å². The molecule has 4 heteroatoms. The van der Waals surface area contributed by atoms with Crippen molar-refractivity contribution in [2.75, 3.05) is 35.7 Å². The molecule has 2 N–H and O–H groups in total. The van der Waals surface area contributed by atoms with Crippen LogP contribution >= 0.6 is 0 Å². The molecular formula is C15H18N4. The van der Waals surface area contributed by atoms with E-state index < -0.39 is 0 Å². The van der Waals surface area contributed by atoms with Crippen LogP contribution in [0.15, 0.2) is 36.4 Å². The molecule has 0 spiro atoms. The highest BCUT2D eigenvalue weighted by atomic mass is 15.3. The lowest BCUT2D eigenvalue weighted by Crippen LogP contribution is -2.37. The average Bonchev–Trinajstić information content (AvgIpc) is 2.43. The molecule has 0 saturated carbocycles. The van der Waals surface area contributed by atoms with E-state index in [-0.39, 0.29) is 0 Å². The van der Waals surface area contributed by atoms with Crippen LogP contribution in [0.25, 0.3) is 0 Å². The van der Waals surface area contributed by atoms with Crippen LogP contribution < -0.4 is 15.5 Å². The Morgan fingerprint density at radius 2 is 1.79 bits per heavy atom. The van der Waals surface area contributed by atoms with Gasteiger partial charge in [0.05, 0.1) is 17.1 Å². The van der Waals surface area contributed by atoms with Gasteiger partial charge in [-0.25, -0.2) is 4.98 Å². The van der Waals surface area contributed by atoms with Gasteiger partial charge in [-0.05, 0) is 31.2 Å². The van der Waals surface area contributed by atoms with Crippen LogP contribution in [-0.2, 0) is 0 Å². The molecule has 0 amide bonds. The molecule has 1 aliphatic rings. The SMILES string of the molecule is Cc1ccc(N)c(N2CCN(C)c3ccccc32)n1. The maximum absolute atomic E-state index is 6.09. The van der Waals surface area contributed by atoms with Crippen LogP contribution in [0.4, 0.5) is 22.9 Å². The largest absolute Gasteiger partial charge is 0.396 e. The van der Waals surface area contributed by atoms with E-state index in [4.69, 9.17) is 5.73 Å². The van der Waals surface area contributed by atoms with E-state index in [1.54, 1.807) is 0 Å². The molecule has 0 aliphatic carbocycles. The highest BCUT2D eigenvalue weighted by Gasteiger charge is 2.23. The first-order chi connectivity index (χ1) is 9.16. The summed E-state index contributed by atoms with van der Waals surface area (Å²) in [4.78, 5) is 9.07. The van der Waals surface area contributed by atoms with Crippen molar-refractivity contribution in [3.8, 4) is 0 Å². The Morgan fingerprint density at radius 1 is 1.05 bits per heavy atom. The molecule has 98 valence electrons. The normalized spacial score (nSPS) is 14.4. The molecule has 4 nitrogen and oxygen atoms in total. The summed E-state index contributed by atoms with van der Waals surface area (Å²) in [7, 11) is 2.11. The number of anilines is 4. The minimum Gasteiger partial charge on any atom is -0.396 e. The molecule has 19 heavy (non-hydrogen) atoms. The summed E-state index contributed by atoms with van der Waals surface area (Å²) in [6.07, 6.45) is 0. The van der Waals surface area contributed by atoms with E-state index in [1.165, 1.54) is 11.4 Å². The van der Waals surface area contributed by atoms with Gasteiger partial charge in [0.1, 0.15) is 0 Å². The third-order valence-corrected chi connectivity index (χ3v) is 3.54. The number of fused-ring (bicyclic) bond motifs is 1. The Morgan fingerprint density at radius 3 is 2.58 bits per heavy atom. The Balaban J connectivity index is 2.12. The highest BCUT2D eigenvalue weighted by molar-refractivity contribution is 5.81. The summed E-state index contributed by atoms with van der Waals surface area (Å²) in [5.41, 5.74) is 10.2. The minimum absolute atomic E-state index is 0.727.